The lowest BCUT2D eigenvalue weighted by Crippen LogP contribution is -2.35. The first kappa shape index (κ1) is 18.9. The Labute approximate surface area is 159 Å². The van der Waals surface area contributed by atoms with Crippen LogP contribution in [-0.2, 0) is 14.3 Å². The maximum atomic E-state index is 12.5. The number of para-hydroxylation sites is 1. The minimum absolute atomic E-state index is 0.0546. The molecule has 1 saturated heterocycles. The number of carbonyl (C=O) groups is 3. The molecule has 1 fully saturated rings. The van der Waals surface area contributed by atoms with Crippen molar-refractivity contribution < 1.29 is 23.5 Å². The molecule has 0 saturated carbocycles. The third-order valence-corrected chi connectivity index (χ3v) is 4.93. The van der Waals surface area contributed by atoms with Gasteiger partial charge in [0.1, 0.15) is 12.1 Å². The van der Waals surface area contributed by atoms with E-state index in [1.807, 2.05) is 6.92 Å². The van der Waals surface area contributed by atoms with Crippen LogP contribution < -0.4 is 5.63 Å². The zero-order chi connectivity index (χ0) is 19.6. The molecule has 0 radical (unpaired) electrons. The molecule has 1 aliphatic rings. The molecule has 1 aliphatic heterocycles. The number of amides is 2. The molecule has 27 heavy (non-hydrogen) atoms. The lowest BCUT2D eigenvalue weighted by molar-refractivity contribution is -0.150. The van der Waals surface area contributed by atoms with Gasteiger partial charge in [-0.15, -0.1) is 0 Å². The smallest absolute Gasteiger partial charge is 0.343 e. The fourth-order valence-electron chi connectivity index (χ4n) is 2.43. The van der Waals surface area contributed by atoms with Crippen molar-refractivity contribution in [3.63, 3.8) is 0 Å². The molecule has 1 aromatic carbocycles. The van der Waals surface area contributed by atoms with Gasteiger partial charge < -0.3 is 9.15 Å². The molecule has 0 N–H and O–H groups in total. The van der Waals surface area contributed by atoms with E-state index in [1.165, 1.54) is 6.08 Å². The van der Waals surface area contributed by atoms with E-state index in [4.69, 9.17) is 9.15 Å². The van der Waals surface area contributed by atoms with Gasteiger partial charge in [0.05, 0.1) is 16.6 Å². The second kappa shape index (κ2) is 7.79. The quantitative estimate of drug-likeness (QED) is 0.442. The number of benzene rings is 1. The summed E-state index contributed by atoms with van der Waals surface area (Å²) in [5.41, 5.74) is -0.0291. The van der Waals surface area contributed by atoms with Crippen LogP contribution in [0.5, 0.6) is 0 Å². The molecule has 0 spiro atoms. The van der Waals surface area contributed by atoms with E-state index in [2.05, 4.69) is 0 Å². The first-order valence-corrected chi connectivity index (χ1v) is 9.18. The highest BCUT2D eigenvalue weighted by Crippen LogP contribution is 2.32. The summed E-state index contributed by atoms with van der Waals surface area (Å²) in [6.07, 6.45) is 1.64. The molecule has 2 amide bonds. The van der Waals surface area contributed by atoms with E-state index in [9.17, 15) is 19.2 Å². The highest BCUT2D eigenvalue weighted by atomic mass is 32.2. The molecule has 2 heterocycles. The summed E-state index contributed by atoms with van der Waals surface area (Å²) in [4.78, 5) is 49.4. The van der Waals surface area contributed by atoms with Gasteiger partial charge in [-0.25, -0.2) is 4.79 Å². The Hall–Kier alpha value is -2.87. The normalized spacial score (nSPS) is 17.0. The molecule has 0 unspecified atom stereocenters. The van der Waals surface area contributed by atoms with E-state index < -0.39 is 29.3 Å². The Morgan fingerprint density at radius 2 is 2.04 bits per heavy atom. The average molecular weight is 387 g/mol. The van der Waals surface area contributed by atoms with Gasteiger partial charge >= 0.3 is 11.6 Å². The number of imide groups is 1. The van der Waals surface area contributed by atoms with E-state index in [0.29, 0.717) is 29.2 Å². The van der Waals surface area contributed by atoms with Crippen LogP contribution in [0.3, 0.4) is 0 Å². The van der Waals surface area contributed by atoms with Crippen molar-refractivity contribution in [2.75, 3.05) is 6.54 Å². The van der Waals surface area contributed by atoms with Gasteiger partial charge in [-0.1, -0.05) is 25.1 Å². The Morgan fingerprint density at radius 1 is 1.30 bits per heavy atom. The summed E-state index contributed by atoms with van der Waals surface area (Å²) in [6, 6.07) is 8.56. The maximum Gasteiger partial charge on any atom is 0.343 e. The number of ether oxygens (including phenoxy) is 1. The zero-order valence-electron chi connectivity index (χ0n) is 14.8. The van der Waals surface area contributed by atoms with Crippen molar-refractivity contribution in [1.82, 2.24) is 4.90 Å². The van der Waals surface area contributed by atoms with Gasteiger partial charge in [-0.3, -0.25) is 19.3 Å². The van der Waals surface area contributed by atoms with Crippen molar-refractivity contribution in [1.29, 1.82) is 0 Å². The second-order valence-corrected chi connectivity index (χ2v) is 7.00. The van der Waals surface area contributed by atoms with Crippen molar-refractivity contribution in [3.05, 3.63) is 51.2 Å². The lowest BCUT2D eigenvalue weighted by atomic mass is 10.2. The van der Waals surface area contributed by atoms with Crippen molar-refractivity contribution >= 4 is 45.9 Å². The largest absolute Gasteiger partial charge is 0.461 e. The van der Waals surface area contributed by atoms with Crippen LogP contribution in [0.4, 0.5) is 4.79 Å². The first-order chi connectivity index (χ1) is 12.9. The molecule has 8 heteroatoms. The SMILES string of the molecule is CC[C@@H](C)OC(=O)CN1C(=O)S/C(=C/c2cc3ccccc3oc2=O)C1=O. The summed E-state index contributed by atoms with van der Waals surface area (Å²) in [5.74, 6) is -1.29. The number of rotatable bonds is 5. The van der Waals surface area contributed by atoms with Crippen molar-refractivity contribution in [2.24, 2.45) is 0 Å². The lowest BCUT2D eigenvalue weighted by Gasteiger charge is -2.14. The zero-order valence-corrected chi connectivity index (χ0v) is 15.6. The fourth-order valence-corrected chi connectivity index (χ4v) is 3.26. The standard InChI is InChI=1S/C19H17NO6S/c1-3-11(2)25-16(21)10-20-17(22)15(27-19(20)24)9-13-8-12-6-4-5-7-14(12)26-18(13)23/h4-9,11H,3,10H2,1-2H3/b15-9+/t11-/m1/s1. The summed E-state index contributed by atoms with van der Waals surface area (Å²) in [5, 5.41) is 0.109. The molecule has 2 aromatic rings. The van der Waals surface area contributed by atoms with Gasteiger partial charge in [0.2, 0.25) is 0 Å². The molecular weight excluding hydrogens is 370 g/mol. The van der Waals surface area contributed by atoms with Gasteiger partial charge in [-0.2, -0.15) is 0 Å². The number of hydrogen-bond acceptors (Lipinski definition) is 7. The molecule has 0 aliphatic carbocycles. The van der Waals surface area contributed by atoms with Gasteiger partial charge in [0.15, 0.2) is 0 Å². The predicted molar refractivity (Wildman–Crippen MR) is 101 cm³/mol. The number of esters is 1. The van der Waals surface area contributed by atoms with Crippen LogP contribution >= 0.6 is 11.8 Å². The third-order valence-electron chi connectivity index (χ3n) is 4.02. The van der Waals surface area contributed by atoms with Crippen LogP contribution in [-0.4, -0.2) is 34.7 Å². The highest BCUT2D eigenvalue weighted by Gasteiger charge is 2.37. The van der Waals surface area contributed by atoms with Gasteiger partial charge in [0, 0.05) is 5.39 Å². The van der Waals surface area contributed by atoms with Crippen molar-refractivity contribution in [2.45, 2.75) is 26.4 Å². The monoisotopic (exact) mass is 387 g/mol. The van der Waals surface area contributed by atoms with Gasteiger partial charge in [0.25, 0.3) is 11.1 Å². The molecule has 3 rings (SSSR count). The minimum Gasteiger partial charge on any atom is -0.461 e. The van der Waals surface area contributed by atoms with E-state index >= 15 is 0 Å². The highest BCUT2D eigenvalue weighted by molar-refractivity contribution is 8.18. The number of hydrogen-bond donors (Lipinski definition) is 0. The number of carbonyl (C=O) groups excluding carboxylic acids is 3. The van der Waals surface area contributed by atoms with E-state index in [1.54, 1.807) is 37.3 Å². The van der Waals surface area contributed by atoms with Crippen LogP contribution in [0, 0.1) is 0 Å². The molecule has 0 bridgehead atoms. The van der Waals surface area contributed by atoms with Gasteiger partial charge in [-0.05, 0) is 43.3 Å². The summed E-state index contributed by atoms with van der Waals surface area (Å²) < 4.78 is 10.3. The van der Waals surface area contributed by atoms with Crippen LogP contribution in [0.15, 0.2) is 44.4 Å². The number of fused-ring (bicyclic) bond motifs is 1. The maximum absolute atomic E-state index is 12.5. The van der Waals surface area contributed by atoms with E-state index in [-0.39, 0.29) is 16.6 Å². The summed E-state index contributed by atoms with van der Waals surface area (Å²) in [6.45, 7) is 3.12. The van der Waals surface area contributed by atoms with Crippen LogP contribution in [0.2, 0.25) is 0 Å². The second-order valence-electron chi connectivity index (χ2n) is 6.00. The topological polar surface area (TPSA) is 93.9 Å². The predicted octanol–water partition coefficient (Wildman–Crippen LogP) is 3.17. The Bertz CT molecular complexity index is 1010. The fraction of sp³-hybridized carbons (Fsp3) is 0.263. The van der Waals surface area contributed by atoms with Crippen molar-refractivity contribution in [3.8, 4) is 0 Å². The molecule has 1 atom stereocenters. The third kappa shape index (κ3) is 4.11. The van der Waals surface area contributed by atoms with E-state index in [0.717, 1.165) is 4.90 Å². The minimum atomic E-state index is -0.655. The number of thioether (sulfide) groups is 1. The molecular formula is C19H17NO6S. The number of nitrogens with zero attached hydrogens (tertiary/aromatic N) is 1. The molecule has 1 aromatic heterocycles. The Kier molecular flexibility index (Phi) is 5.46. The van der Waals surface area contributed by atoms with Crippen LogP contribution in [0.25, 0.3) is 17.0 Å². The summed E-state index contributed by atoms with van der Waals surface area (Å²) >= 11 is 0.668. The Morgan fingerprint density at radius 3 is 2.78 bits per heavy atom. The average Bonchev–Trinajstić information content (AvgIpc) is 2.89. The molecule has 140 valence electrons. The molecule has 7 nitrogen and oxygen atoms in total. The first-order valence-electron chi connectivity index (χ1n) is 8.36. The Balaban J connectivity index is 1.83. The van der Waals surface area contributed by atoms with Crippen LogP contribution in [0.1, 0.15) is 25.8 Å². The summed E-state index contributed by atoms with van der Waals surface area (Å²) in [7, 11) is 0.